The zero-order valence-corrected chi connectivity index (χ0v) is 5.71. The minimum atomic E-state index is 0.0558. The van der Waals surface area contributed by atoms with Gasteiger partial charge in [-0.05, 0) is 24.7 Å². The summed E-state index contributed by atoms with van der Waals surface area (Å²) in [6.07, 6.45) is 6.46. The highest BCUT2D eigenvalue weighted by molar-refractivity contribution is 4.87. The van der Waals surface area contributed by atoms with Gasteiger partial charge in [-0.3, -0.25) is 0 Å². The largest absolute Gasteiger partial charge is 0.393 e. The van der Waals surface area contributed by atoms with Gasteiger partial charge < -0.3 is 5.11 Å². The van der Waals surface area contributed by atoms with Crippen molar-refractivity contribution >= 4 is 0 Å². The maximum absolute atomic E-state index is 9.24. The van der Waals surface area contributed by atoms with E-state index in [0.29, 0.717) is 0 Å². The molecule has 0 heterocycles. The van der Waals surface area contributed by atoms with Crippen LogP contribution in [0.1, 0.15) is 32.1 Å². The first-order valence-corrected chi connectivity index (χ1v) is 4.04. The van der Waals surface area contributed by atoms with Crippen LogP contribution in [0.5, 0.6) is 0 Å². The molecule has 0 aromatic carbocycles. The van der Waals surface area contributed by atoms with Gasteiger partial charge in [0.15, 0.2) is 0 Å². The highest BCUT2D eigenvalue weighted by Gasteiger charge is 2.35. The van der Waals surface area contributed by atoms with Crippen molar-refractivity contribution in [3.05, 3.63) is 0 Å². The summed E-state index contributed by atoms with van der Waals surface area (Å²) in [5.74, 6) is 1.81. The zero-order valence-electron chi connectivity index (χ0n) is 5.71. The molecular weight excluding hydrogens is 112 g/mol. The normalized spacial score (nSPS) is 49.7. The van der Waals surface area contributed by atoms with E-state index in [1.165, 1.54) is 19.3 Å². The van der Waals surface area contributed by atoms with Crippen LogP contribution in [0.3, 0.4) is 0 Å². The molecule has 2 aliphatic rings. The Kier molecular flexibility index (Phi) is 1.26. The average molecular weight is 126 g/mol. The van der Waals surface area contributed by atoms with E-state index < -0.39 is 0 Å². The number of aliphatic hydroxyl groups is 1. The summed E-state index contributed by atoms with van der Waals surface area (Å²) in [6, 6.07) is 0. The molecule has 1 unspecified atom stereocenters. The second-order valence-corrected chi connectivity index (χ2v) is 3.58. The van der Waals surface area contributed by atoms with Crippen LogP contribution in [-0.4, -0.2) is 11.2 Å². The first-order valence-electron chi connectivity index (χ1n) is 4.04. The molecule has 9 heavy (non-hydrogen) atoms. The van der Waals surface area contributed by atoms with E-state index in [4.69, 9.17) is 0 Å². The predicted molar refractivity (Wildman–Crippen MR) is 36.1 cm³/mol. The number of hydrogen-bond donors (Lipinski definition) is 1. The Bertz CT molecular complexity index is 99.1. The number of aliphatic hydroxyl groups excluding tert-OH is 1. The molecule has 0 aliphatic heterocycles. The van der Waals surface area contributed by atoms with Crippen molar-refractivity contribution in [1.82, 2.24) is 0 Å². The lowest BCUT2D eigenvalue weighted by Crippen LogP contribution is -1.99. The fourth-order valence-electron chi connectivity index (χ4n) is 2.53. The number of rotatable bonds is 0. The highest BCUT2D eigenvalue weighted by Crippen LogP contribution is 2.43. The third-order valence-electron chi connectivity index (χ3n) is 2.97. The summed E-state index contributed by atoms with van der Waals surface area (Å²) in [4.78, 5) is 0. The first kappa shape index (κ1) is 5.72. The van der Waals surface area contributed by atoms with Crippen LogP contribution < -0.4 is 0 Å². The van der Waals surface area contributed by atoms with Gasteiger partial charge in [-0.25, -0.2) is 0 Å². The Balaban J connectivity index is 2.02. The van der Waals surface area contributed by atoms with E-state index in [1.807, 2.05) is 0 Å². The Hall–Kier alpha value is -0.0400. The van der Waals surface area contributed by atoms with Crippen LogP contribution in [0.2, 0.25) is 0 Å². The molecule has 2 rings (SSSR count). The van der Waals surface area contributed by atoms with Gasteiger partial charge in [0.1, 0.15) is 0 Å². The lowest BCUT2D eigenvalue weighted by Gasteiger charge is -2.04. The van der Waals surface area contributed by atoms with Crippen molar-refractivity contribution in [2.24, 2.45) is 11.8 Å². The minimum absolute atomic E-state index is 0.0558. The SMILES string of the molecule is OC1C[C@H]2CCC[C@H]2C1. The highest BCUT2D eigenvalue weighted by atomic mass is 16.3. The van der Waals surface area contributed by atoms with E-state index in [1.54, 1.807) is 0 Å². The van der Waals surface area contributed by atoms with Crippen molar-refractivity contribution in [2.75, 3.05) is 0 Å². The fourth-order valence-corrected chi connectivity index (χ4v) is 2.53. The van der Waals surface area contributed by atoms with Gasteiger partial charge in [-0.2, -0.15) is 0 Å². The molecule has 0 saturated heterocycles. The first-order chi connectivity index (χ1) is 4.36. The number of fused-ring (bicyclic) bond motifs is 1. The Morgan fingerprint density at radius 3 is 2.11 bits per heavy atom. The molecule has 2 fully saturated rings. The third-order valence-corrected chi connectivity index (χ3v) is 2.97. The van der Waals surface area contributed by atoms with E-state index in [2.05, 4.69) is 0 Å². The van der Waals surface area contributed by atoms with Crippen molar-refractivity contribution < 1.29 is 5.11 Å². The lowest BCUT2D eigenvalue weighted by atomic mass is 10.0. The van der Waals surface area contributed by atoms with Crippen LogP contribution in [0.4, 0.5) is 0 Å². The van der Waals surface area contributed by atoms with Gasteiger partial charge in [0, 0.05) is 0 Å². The molecule has 0 radical (unpaired) electrons. The molecule has 2 saturated carbocycles. The van der Waals surface area contributed by atoms with E-state index >= 15 is 0 Å². The molecule has 52 valence electrons. The van der Waals surface area contributed by atoms with Gasteiger partial charge >= 0.3 is 0 Å². The van der Waals surface area contributed by atoms with Crippen molar-refractivity contribution in [1.29, 1.82) is 0 Å². The van der Waals surface area contributed by atoms with Gasteiger partial charge in [-0.1, -0.05) is 19.3 Å². The predicted octanol–water partition coefficient (Wildman–Crippen LogP) is 1.56. The molecule has 1 heteroatoms. The maximum Gasteiger partial charge on any atom is 0.0545 e. The summed E-state index contributed by atoms with van der Waals surface area (Å²) in [6.45, 7) is 0. The monoisotopic (exact) mass is 126 g/mol. The second-order valence-electron chi connectivity index (χ2n) is 3.58. The average Bonchev–Trinajstić information content (AvgIpc) is 2.22. The van der Waals surface area contributed by atoms with E-state index in [0.717, 1.165) is 24.7 Å². The summed E-state index contributed by atoms with van der Waals surface area (Å²) in [7, 11) is 0. The molecule has 2 aliphatic carbocycles. The van der Waals surface area contributed by atoms with Crippen LogP contribution >= 0.6 is 0 Å². The van der Waals surface area contributed by atoms with Crippen LogP contribution in [0.25, 0.3) is 0 Å². The molecule has 0 aromatic rings. The van der Waals surface area contributed by atoms with Crippen LogP contribution in [0.15, 0.2) is 0 Å². The minimum Gasteiger partial charge on any atom is -0.393 e. The van der Waals surface area contributed by atoms with Crippen molar-refractivity contribution in [3.8, 4) is 0 Å². The molecule has 0 aromatic heterocycles. The Morgan fingerprint density at radius 1 is 1.00 bits per heavy atom. The summed E-state index contributed by atoms with van der Waals surface area (Å²) >= 11 is 0. The lowest BCUT2D eigenvalue weighted by molar-refractivity contribution is 0.172. The van der Waals surface area contributed by atoms with Gasteiger partial charge in [-0.15, -0.1) is 0 Å². The molecule has 0 spiro atoms. The molecular formula is C8H14O. The molecule has 0 bridgehead atoms. The quantitative estimate of drug-likeness (QED) is 0.522. The standard InChI is InChI=1S/C8H14O/c9-8-4-6-2-1-3-7(6)5-8/h6-9H,1-5H2/t6-,7+,8?. The van der Waals surface area contributed by atoms with E-state index in [-0.39, 0.29) is 6.10 Å². The smallest absolute Gasteiger partial charge is 0.0545 e. The summed E-state index contributed by atoms with van der Waals surface area (Å²) in [5, 5.41) is 9.24. The van der Waals surface area contributed by atoms with Gasteiger partial charge in [0.25, 0.3) is 0 Å². The number of hydrogen-bond acceptors (Lipinski definition) is 1. The summed E-state index contributed by atoms with van der Waals surface area (Å²) < 4.78 is 0. The topological polar surface area (TPSA) is 20.2 Å². The molecule has 3 atom stereocenters. The van der Waals surface area contributed by atoms with Crippen LogP contribution in [0, 0.1) is 11.8 Å². The molecule has 1 N–H and O–H groups in total. The zero-order chi connectivity index (χ0) is 6.27. The Morgan fingerprint density at radius 2 is 1.56 bits per heavy atom. The van der Waals surface area contributed by atoms with Crippen molar-refractivity contribution in [2.45, 2.75) is 38.2 Å². The van der Waals surface area contributed by atoms with Crippen LogP contribution in [-0.2, 0) is 0 Å². The maximum atomic E-state index is 9.24. The van der Waals surface area contributed by atoms with E-state index in [9.17, 15) is 5.11 Å². The van der Waals surface area contributed by atoms with Gasteiger partial charge in [0.05, 0.1) is 6.10 Å². The van der Waals surface area contributed by atoms with Crippen molar-refractivity contribution in [3.63, 3.8) is 0 Å². The summed E-state index contributed by atoms with van der Waals surface area (Å²) in [5.41, 5.74) is 0. The second kappa shape index (κ2) is 1.98. The Labute approximate surface area is 56.1 Å². The third kappa shape index (κ3) is 0.877. The fraction of sp³-hybridized carbons (Fsp3) is 1.00. The molecule has 0 amide bonds. The van der Waals surface area contributed by atoms with Gasteiger partial charge in [0.2, 0.25) is 0 Å². The molecule has 1 nitrogen and oxygen atoms in total.